The van der Waals surface area contributed by atoms with Gasteiger partial charge in [0.15, 0.2) is 5.13 Å². The molecule has 38 heavy (non-hydrogen) atoms. The van der Waals surface area contributed by atoms with Crippen molar-refractivity contribution in [3.8, 4) is 0 Å². The number of thiazole rings is 1. The van der Waals surface area contributed by atoms with Crippen molar-refractivity contribution in [3.63, 3.8) is 0 Å². The maximum absolute atomic E-state index is 13.0. The number of carbonyl (C=O) groups is 1. The first-order chi connectivity index (χ1) is 18.3. The van der Waals surface area contributed by atoms with Crippen LogP contribution in [0.25, 0.3) is 10.2 Å². The van der Waals surface area contributed by atoms with Gasteiger partial charge in [-0.15, -0.1) is 0 Å². The minimum atomic E-state index is -3.56. The van der Waals surface area contributed by atoms with Crippen molar-refractivity contribution in [1.29, 1.82) is 0 Å². The molecule has 0 unspecified atom stereocenters. The lowest BCUT2D eigenvalue weighted by molar-refractivity contribution is 0.0947. The minimum Gasteiger partial charge on any atom is -0.351 e. The zero-order valence-electron chi connectivity index (χ0n) is 22.2. The zero-order valence-corrected chi connectivity index (χ0v) is 23.9. The Kier molecular flexibility index (Phi) is 8.32. The molecular weight excluding hydrogens is 518 g/mol. The lowest BCUT2D eigenvalue weighted by Gasteiger charge is -2.34. The molecule has 1 amide bonds. The number of anilines is 1. The van der Waals surface area contributed by atoms with Gasteiger partial charge in [-0.3, -0.25) is 9.69 Å². The predicted molar refractivity (Wildman–Crippen MR) is 154 cm³/mol. The van der Waals surface area contributed by atoms with E-state index in [-0.39, 0.29) is 16.8 Å². The van der Waals surface area contributed by atoms with Crippen LogP contribution in [-0.4, -0.2) is 80.9 Å². The van der Waals surface area contributed by atoms with Gasteiger partial charge in [0.2, 0.25) is 10.0 Å². The van der Waals surface area contributed by atoms with Crippen LogP contribution in [0.15, 0.2) is 47.4 Å². The molecular formula is C28H37N5O3S2. The van der Waals surface area contributed by atoms with Crippen molar-refractivity contribution in [1.82, 2.24) is 19.5 Å². The van der Waals surface area contributed by atoms with Crippen molar-refractivity contribution in [3.05, 3.63) is 53.6 Å². The van der Waals surface area contributed by atoms with Crippen molar-refractivity contribution in [2.45, 2.75) is 50.0 Å². The Morgan fingerprint density at radius 1 is 1.05 bits per heavy atom. The Balaban J connectivity index is 1.08. The van der Waals surface area contributed by atoms with E-state index in [2.05, 4.69) is 40.2 Å². The van der Waals surface area contributed by atoms with Crippen molar-refractivity contribution in [2.24, 2.45) is 0 Å². The highest BCUT2D eigenvalue weighted by Crippen LogP contribution is 2.31. The summed E-state index contributed by atoms with van der Waals surface area (Å²) in [6.07, 6.45) is 5.14. The second-order valence-electron chi connectivity index (χ2n) is 10.3. The van der Waals surface area contributed by atoms with Gasteiger partial charge < -0.3 is 10.2 Å². The van der Waals surface area contributed by atoms with Gasteiger partial charge in [-0.1, -0.05) is 42.7 Å². The van der Waals surface area contributed by atoms with Crippen LogP contribution in [0.1, 0.15) is 48.0 Å². The number of hydrogen-bond donors (Lipinski definition) is 1. The van der Waals surface area contributed by atoms with Crippen molar-refractivity contribution < 1.29 is 13.2 Å². The molecule has 0 bridgehead atoms. The summed E-state index contributed by atoms with van der Waals surface area (Å²) >= 11 is 1.75. The molecule has 1 saturated carbocycles. The number of rotatable bonds is 8. The fraction of sp³-hybridized carbons (Fsp3) is 0.500. The number of nitrogens with zero attached hydrogens (tertiary/aromatic N) is 4. The standard InChI is InChI=1S/C28H37N5O3S2/c1-21-7-6-10-25-26(21)30-28(37-25)33-19-17-32(18-20-33)16-15-29-27(34)22-11-13-24(14-12-22)38(35,36)31(2)23-8-4-3-5-9-23/h6-7,10-14,23H,3-5,8-9,15-20H2,1-2H3,(H,29,34). The van der Waals surface area contributed by atoms with E-state index in [1.165, 1.54) is 21.0 Å². The molecule has 2 aromatic carbocycles. The molecule has 1 N–H and O–H groups in total. The Hall–Kier alpha value is -2.53. The van der Waals surface area contributed by atoms with Crippen LogP contribution in [0.3, 0.4) is 0 Å². The normalized spacial score (nSPS) is 17.8. The number of aromatic nitrogens is 1. The Morgan fingerprint density at radius 3 is 2.45 bits per heavy atom. The summed E-state index contributed by atoms with van der Waals surface area (Å²) < 4.78 is 28.8. The molecule has 3 aromatic rings. The third kappa shape index (κ3) is 5.88. The summed E-state index contributed by atoms with van der Waals surface area (Å²) in [5.74, 6) is -0.182. The van der Waals surface area contributed by atoms with E-state index in [0.717, 1.165) is 69.1 Å². The maximum atomic E-state index is 13.0. The van der Waals surface area contributed by atoms with E-state index in [0.29, 0.717) is 12.1 Å². The first-order valence-electron chi connectivity index (χ1n) is 13.5. The van der Waals surface area contributed by atoms with Crippen molar-refractivity contribution in [2.75, 3.05) is 51.2 Å². The average Bonchev–Trinajstić information content (AvgIpc) is 3.39. The van der Waals surface area contributed by atoms with Gasteiger partial charge in [0, 0.05) is 57.9 Å². The summed E-state index contributed by atoms with van der Waals surface area (Å²) in [6.45, 7) is 7.10. The molecule has 1 saturated heterocycles. The van der Waals surface area contributed by atoms with Crippen LogP contribution in [0.5, 0.6) is 0 Å². The molecule has 1 aromatic heterocycles. The molecule has 0 atom stereocenters. The second kappa shape index (κ2) is 11.7. The lowest BCUT2D eigenvalue weighted by atomic mass is 9.96. The molecule has 10 heteroatoms. The summed E-state index contributed by atoms with van der Waals surface area (Å²) in [4.78, 5) is 22.5. The monoisotopic (exact) mass is 555 g/mol. The number of sulfonamides is 1. The quantitative estimate of drug-likeness (QED) is 0.450. The highest BCUT2D eigenvalue weighted by Gasteiger charge is 2.29. The zero-order chi connectivity index (χ0) is 26.7. The van der Waals surface area contributed by atoms with Crippen molar-refractivity contribution >= 4 is 42.6 Å². The Morgan fingerprint density at radius 2 is 1.76 bits per heavy atom. The number of benzene rings is 2. The topological polar surface area (TPSA) is 85.8 Å². The highest BCUT2D eigenvalue weighted by molar-refractivity contribution is 7.89. The van der Waals surface area contributed by atoms with E-state index >= 15 is 0 Å². The number of carbonyl (C=O) groups excluding carboxylic acids is 1. The lowest BCUT2D eigenvalue weighted by Crippen LogP contribution is -2.48. The number of fused-ring (bicyclic) bond motifs is 1. The third-order valence-electron chi connectivity index (χ3n) is 7.85. The molecule has 8 nitrogen and oxygen atoms in total. The van der Waals surface area contributed by atoms with Crippen LogP contribution < -0.4 is 10.2 Å². The summed E-state index contributed by atoms with van der Waals surface area (Å²) in [7, 11) is -1.89. The second-order valence-corrected chi connectivity index (χ2v) is 13.3. The van der Waals surface area contributed by atoms with Crippen LogP contribution in [0.4, 0.5) is 5.13 Å². The van der Waals surface area contributed by atoms with E-state index in [1.54, 1.807) is 42.6 Å². The van der Waals surface area contributed by atoms with E-state index in [4.69, 9.17) is 4.98 Å². The van der Waals surface area contributed by atoms with E-state index in [9.17, 15) is 13.2 Å². The highest BCUT2D eigenvalue weighted by atomic mass is 32.2. The molecule has 2 fully saturated rings. The molecule has 2 heterocycles. The number of piperazine rings is 1. The minimum absolute atomic E-state index is 0.0593. The first kappa shape index (κ1) is 27.1. The van der Waals surface area contributed by atoms with Gasteiger partial charge >= 0.3 is 0 Å². The largest absolute Gasteiger partial charge is 0.351 e. The fourth-order valence-electron chi connectivity index (χ4n) is 5.39. The van der Waals surface area contributed by atoms with Crippen LogP contribution in [0, 0.1) is 6.92 Å². The molecule has 0 radical (unpaired) electrons. The molecule has 5 rings (SSSR count). The van der Waals surface area contributed by atoms with E-state index in [1.807, 2.05) is 0 Å². The molecule has 0 spiro atoms. The summed E-state index contributed by atoms with van der Waals surface area (Å²) in [5, 5.41) is 4.06. The number of para-hydroxylation sites is 1. The summed E-state index contributed by atoms with van der Waals surface area (Å²) in [6, 6.07) is 12.7. The summed E-state index contributed by atoms with van der Waals surface area (Å²) in [5.41, 5.74) is 2.78. The Labute approximate surface area is 229 Å². The van der Waals surface area contributed by atoms with Gasteiger partial charge in [-0.25, -0.2) is 13.4 Å². The molecule has 2 aliphatic rings. The molecule has 1 aliphatic carbocycles. The van der Waals surface area contributed by atoms with E-state index < -0.39 is 10.0 Å². The molecule has 204 valence electrons. The van der Waals surface area contributed by atoms with Crippen LogP contribution >= 0.6 is 11.3 Å². The smallest absolute Gasteiger partial charge is 0.251 e. The predicted octanol–water partition coefficient (Wildman–Crippen LogP) is 4.11. The fourth-order valence-corrected chi connectivity index (χ4v) is 7.90. The van der Waals surface area contributed by atoms with Gasteiger partial charge in [0.05, 0.1) is 15.1 Å². The first-order valence-corrected chi connectivity index (χ1v) is 15.8. The number of aryl methyl sites for hydroxylation is 1. The van der Waals surface area contributed by atoms with Crippen LogP contribution in [-0.2, 0) is 10.0 Å². The van der Waals surface area contributed by atoms with Gasteiger partial charge in [0.1, 0.15) is 0 Å². The third-order valence-corrected chi connectivity index (χ3v) is 10.9. The number of nitrogens with one attached hydrogen (secondary N) is 1. The van der Waals surface area contributed by atoms with Gasteiger partial charge in [-0.2, -0.15) is 4.31 Å². The molecule has 1 aliphatic heterocycles. The van der Waals surface area contributed by atoms with Gasteiger partial charge in [0.25, 0.3) is 5.91 Å². The Bertz CT molecular complexity index is 1360. The maximum Gasteiger partial charge on any atom is 0.251 e. The number of amides is 1. The average molecular weight is 556 g/mol. The van der Waals surface area contributed by atoms with Crippen LogP contribution in [0.2, 0.25) is 0 Å². The SMILES string of the molecule is Cc1cccc2sc(N3CCN(CCNC(=O)c4ccc(S(=O)(=O)N(C)C5CCCCC5)cc4)CC3)nc12. The van der Waals surface area contributed by atoms with Gasteiger partial charge in [-0.05, 0) is 55.7 Å². The number of hydrogen-bond acceptors (Lipinski definition) is 7.